The lowest BCUT2D eigenvalue weighted by molar-refractivity contribution is 1.10. The maximum absolute atomic E-state index is 5.87. The quantitative estimate of drug-likeness (QED) is 0.688. The van der Waals surface area contributed by atoms with E-state index in [0.29, 0.717) is 5.88 Å². The second-order valence-corrected chi connectivity index (χ2v) is 3.72. The number of benzene rings is 1. The lowest BCUT2D eigenvalue weighted by Gasteiger charge is -2.08. The third kappa shape index (κ3) is 2.09. The third-order valence-electron chi connectivity index (χ3n) is 2.61. The van der Waals surface area contributed by atoms with Gasteiger partial charge >= 0.3 is 0 Å². The second-order valence-electron chi connectivity index (χ2n) is 3.45. The molecule has 3 heteroatoms. The number of aromatic nitrogens is 1. The van der Waals surface area contributed by atoms with Crippen molar-refractivity contribution in [1.82, 2.24) is 4.98 Å². The number of nitrogens with zero attached hydrogens (tertiary/aromatic N) is 1. The van der Waals surface area contributed by atoms with Gasteiger partial charge in [-0.3, -0.25) is 4.98 Å². The highest BCUT2D eigenvalue weighted by Gasteiger charge is 2.06. The van der Waals surface area contributed by atoms with Crippen LogP contribution in [0, 0.1) is 13.8 Å². The van der Waals surface area contributed by atoms with Crippen LogP contribution in [0.15, 0.2) is 24.3 Å². The molecule has 0 fully saturated rings. The molecule has 1 aromatic carbocycles. The molecule has 0 spiro atoms. The molecule has 0 saturated heterocycles. The summed E-state index contributed by atoms with van der Waals surface area (Å²) in [4.78, 5) is 4.49. The molecule has 0 saturated carbocycles. The molecule has 2 aromatic rings. The molecule has 0 radical (unpaired) electrons. The number of aryl methyl sites for hydroxylation is 2. The van der Waals surface area contributed by atoms with Crippen molar-refractivity contribution in [3.05, 3.63) is 41.2 Å². The van der Waals surface area contributed by atoms with Crippen molar-refractivity contribution >= 4 is 34.8 Å². The maximum atomic E-state index is 5.87. The van der Waals surface area contributed by atoms with Gasteiger partial charge in [0.05, 0.1) is 11.6 Å². The smallest absolute Gasteiger partial charge is 0.0653 e. The van der Waals surface area contributed by atoms with Gasteiger partial charge in [0.1, 0.15) is 0 Å². The SMILES string of the molecule is Cc1nc(CCl)c2ccccc2c1C.Cl. The van der Waals surface area contributed by atoms with Gasteiger partial charge in [0, 0.05) is 11.1 Å². The monoisotopic (exact) mass is 241 g/mol. The zero-order chi connectivity index (χ0) is 10.1. The first kappa shape index (κ1) is 12.3. The number of fused-ring (bicyclic) bond motifs is 1. The fourth-order valence-corrected chi connectivity index (χ4v) is 1.91. The van der Waals surface area contributed by atoms with Crippen molar-refractivity contribution in [3.8, 4) is 0 Å². The molecule has 1 nitrogen and oxygen atoms in total. The van der Waals surface area contributed by atoms with Crippen LogP contribution in [0.3, 0.4) is 0 Å². The van der Waals surface area contributed by atoms with Crippen LogP contribution < -0.4 is 0 Å². The van der Waals surface area contributed by atoms with E-state index in [4.69, 9.17) is 11.6 Å². The lowest BCUT2D eigenvalue weighted by Crippen LogP contribution is -1.95. The van der Waals surface area contributed by atoms with Gasteiger partial charge in [0.25, 0.3) is 0 Å². The van der Waals surface area contributed by atoms with Gasteiger partial charge in [-0.05, 0) is 24.8 Å². The van der Waals surface area contributed by atoms with E-state index < -0.39 is 0 Å². The van der Waals surface area contributed by atoms with Crippen LogP contribution in [0.25, 0.3) is 10.8 Å². The van der Waals surface area contributed by atoms with Crippen molar-refractivity contribution in [3.63, 3.8) is 0 Å². The zero-order valence-electron chi connectivity index (χ0n) is 8.75. The molecule has 1 heterocycles. The van der Waals surface area contributed by atoms with Crippen LogP contribution in [0.5, 0.6) is 0 Å². The summed E-state index contributed by atoms with van der Waals surface area (Å²) in [5.74, 6) is 0.474. The summed E-state index contributed by atoms with van der Waals surface area (Å²) in [6, 6.07) is 8.27. The predicted octanol–water partition coefficient (Wildman–Crippen LogP) is 4.01. The molecule has 0 N–H and O–H groups in total. The number of rotatable bonds is 1. The number of hydrogen-bond acceptors (Lipinski definition) is 1. The Kier molecular flexibility index (Phi) is 3.95. The first-order chi connectivity index (χ1) is 6.74. The van der Waals surface area contributed by atoms with Gasteiger partial charge in [0.15, 0.2) is 0 Å². The first-order valence-corrected chi connectivity index (χ1v) is 5.18. The Morgan fingerprint density at radius 2 is 1.73 bits per heavy atom. The Morgan fingerprint density at radius 3 is 2.33 bits per heavy atom. The molecule has 0 aliphatic heterocycles. The van der Waals surface area contributed by atoms with Gasteiger partial charge in [0.2, 0.25) is 0 Å². The molecule has 0 aliphatic carbocycles. The number of halogens is 2. The molecule has 80 valence electrons. The van der Waals surface area contributed by atoms with Crippen LogP contribution in [0.1, 0.15) is 17.0 Å². The molecule has 0 unspecified atom stereocenters. The molecular weight excluding hydrogens is 229 g/mol. The van der Waals surface area contributed by atoms with Crippen molar-refractivity contribution in [2.24, 2.45) is 0 Å². The van der Waals surface area contributed by atoms with E-state index in [1.165, 1.54) is 16.3 Å². The van der Waals surface area contributed by atoms with Crippen molar-refractivity contribution in [2.45, 2.75) is 19.7 Å². The van der Waals surface area contributed by atoms with E-state index >= 15 is 0 Å². The fourth-order valence-electron chi connectivity index (χ4n) is 1.71. The largest absolute Gasteiger partial charge is 0.256 e. The minimum atomic E-state index is 0. The van der Waals surface area contributed by atoms with E-state index in [-0.39, 0.29) is 12.4 Å². The molecule has 0 amide bonds. The Labute approximate surface area is 101 Å². The van der Waals surface area contributed by atoms with Gasteiger partial charge in [-0.15, -0.1) is 24.0 Å². The van der Waals surface area contributed by atoms with Crippen molar-refractivity contribution < 1.29 is 0 Å². The summed E-state index contributed by atoms with van der Waals surface area (Å²) in [7, 11) is 0. The molecule has 0 bridgehead atoms. The van der Waals surface area contributed by atoms with Crippen LogP contribution >= 0.6 is 24.0 Å². The average molecular weight is 242 g/mol. The van der Waals surface area contributed by atoms with E-state index in [2.05, 4.69) is 24.0 Å². The summed E-state index contributed by atoms with van der Waals surface area (Å²) in [5.41, 5.74) is 3.29. The molecule has 1 aromatic heterocycles. The van der Waals surface area contributed by atoms with E-state index in [1.807, 2.05) is 19.1 Å². The first-order valence-electron chi connectivity index (χ1n) is 4.65. The summed E-state index contributed by atoms with van der Waals surface area (Å²) in [6.07, 6.45) is 0. The van der Waals surface area contributed by atoms with Crippen molar-refractivity contribution in [1.29, 1.82) is 0 Å². The second kappa shape index (κ2) is 4.82. The Bertz CT molecular complexity index is 480. The summed E-state index contributed by atoms with van der Waals surface area (Å²) in [5, 5.41) is 2.43. The number of hydrogen-bond donors (Lipinski definition) is 0. The van der Waals surface area contributed by atoms with E-state index in [9.17, 15) is 0 Å². The highest BCUT2D eigenvalue weighted by atomic mass is 35.5. The Morgan fingerprint density at radius 1 is 1.13 bits per heavy atom. The number of alkyl halides is 1. The molecule has 0 atom stereocenters. The van der Waals surface area contributed by atoms with Crippen LogP contribution in [-0.4, -0.2) is 4.98 Å². The number of pyridine rings is 1. The maximum Gasteiger partial charge on any atom is 0.0653 e. The van der Waals surface area contributed by atoms with Crippen LogP contribution in [0.4, 0.5) is 0 Å². The third-order valence-corrected chi connectivity index (χ3v) is 2.87. The van der Waals surface area contributed by atoms with Crippen LogP contribution in [0.2, 0.25) is 0 Å². The molecular formula is C12H13Cl2N. The van der Waals surface area contributed by atoms with E-state index in [0.717, 1.165) is 11.4 Å². The minimum Gasteiger partial charge on any atom is -0.256 e. The summed E-state index contributed by atoms with van der Waals surface area (Å²) < 4.78 is 0. The van der Waals surface area contributed by atoms with Gasteiger partial charge in [-0.2, -0.15) is 0 Å². The fraction of sp³-hybridized carbons (Fsp3) is 0.250. The zero-order valence-corrected chi connectivity index (χ0v) is 10.3. The molecule has 15 heavy (non-hydrogen) atoms. The van der Waals surface area contributed by atoms with Crippen LogP contribution in [-0.2, 0) is 5.88 Å². The normalized spacial score (nSPS) is 10.1. The van der Waals surface area contributed by atoms with Gasteiger partial charge in [-0.25, -0.2) is 0 Å². The Hall–Kier alpha value is -0.790. The van der Waals surface area contributed by atoms with Crippen molar-refractivity contribution in [2.75, 3.05) is 0 Å². The average Bonchev–Trinajstić information content (AvgIpc) is 2.23. The highest BCUT2D eigenvalue weighted by Crippen LogP contribution is 2.23. The van der Waals surface area contributed by atoms with E-state index in [1.54, 1.807) is 0 Å². The molecule has 2 rings (SSSR count). The Balaban J connectivity index is 0.00000112. The topological polar surface area (TPSA) is 12.9 Å². The summed E-state index contributed by atoms with van der Waals surface area (Å²) in [6.45, 7) is 4.13. The minimum absolute atomic E-state index is 0. The highest BCUT2D eigenvalue weighted by molar-refractivity contribution is 6.17. The van der Waals surface area contributed by atoms with Gasteiger partial charge < -0.3 is 0 Å². The van der Waals surface area contributed by atoms with Gasteiger partial charge in [-0.1, -0.05) is 24.3 Å². The summed E-state index contributed by atoms with van der Waals surface area (Å²) >= 11 is 5.87. The lowest BCUT2D eigenvalue weighted by atomic mass is 10.0. The molecule has 0 aliphatic rings. The standard InChI is InChI=1S/C12H12ClN.ClH/c1-8-9(2)14-12(7-13)11-6-4-3-5-10(8)11;/h3-6H,7H2,1-2H3;1H. The predicted molar refractivity (Wildman–Crippen MR) is 68.0 cm³/mol.